The number of hydrogen-bond acceptors (Lipinski definition) is 4. The van der Waals surface area contributed by atoms with Crippen LogP contribution in [0, 0.1) is 10.7 Å². The highest BCUT2D eigenvalue weighted by atomic mass is 35.5. The van der Waals surface area contributed by atoms with E-state index in [2.05, 4.69) is 21.0 Å². The molecule has 0 saturated carbocycles. The predicted molar refractivity (Wildman–Crippen MR) is 111 cm³/mol. The molecule has 0 fully saturated rings. The summed E-state index contributed by atoms with van der Waals surface area (Å²) in [5.74, 6) is 0.751. The lowest BCUT2D eigenvalue weighted by molar-refractivity contribution is 0.677. The van der Waals surface area contributed by atoms with Crippen LogP contribution in [0.25, 0.3) is 0 Å². The number of thioether (sulfide) groups is 2. The summed E-state index contributed by atoms with van der Waals surface area (Å²) >= 11 is 15.3. The van der Waals surface area contributed by atoms with Gasteiger partial charge >= 0.3 is 0 Å². The number of rotatable bonds is 7. The van der Waals surface area contributed by atoms with Gasteiger partial charge in [-0.2, -0.15) is 5.26 Å². The van der Waals surface area contributed by atoms with Crippen LogP contribution < -0.4 is 0 Å². The highest BCUT2D eigenvalue weighted by molar-refractivity contribution is 8.04. The van der Waals surface area contributed by atoms with Crippen LogP contribution in [-0.2, 0) is 12.3 Å². The molecule has 0 N–H and O–H groups in total. The molecule has 1 atom stereocenters. The minimum absolute atomic E-state index is 0.160. The Balaban J connectivity index is 1.85. The molecule has 0 bridgehead atoms. The first-order valence-electron chi connectivity index (χ1n) is 7.83. The Morgan fingerprint density at radius 1 is 1.19 bits per heavy atom. The van der Waals surface area contributed by atoms with Crippen molar-refractivity contribution in [2.75, 3.05) is 0 Å². The quantitative estimate of drug-likeness (QED) is 0.326. The molecule has 0 aliphatic carbocycles. The zero-order valence-corrected chi connectivity index (χ0v) is 16.8. The van der Waals surface area contributed by atoms with E-state index in [0.717, 1.165) is 28.3 Å². The van der Waals surface area contributed by atoms with Gasteiger partial charge in [0.1, 0.15) is 5.40 Å². The fourth-order valence-electron chi connectivity index (χ4n) is 2.54. The highest BCUT2D eigenvalue weighted by Gasteiger charge is 2.18. The molecule has 1 unspecified atom stereocenters. The normalized spacial score (nSPS) is 11.9. The standard InChI is InChI=1S/C19H15Cl2N3S2/c20-15-6-5-14(17(21)9-15)11-25-19(10-24-8-7-23-13-24)16-3-1-2-4-18(16)26-12-22/h1-9,13,19H,10-11H2. The monoisotopic (exact) mass is 419 g/mol. The summed E-state index contributed by atoms with van der Waals surface area (Å²) in [4.78, 5) is 5.11. The number of halogens is 2. The molecular weight excluding hydrogens is 405 g/mol. The number of nitriles is 1. The molecule has 7 heteroatoms. The molecule has 0 aliphatic rings. The number of benzene rings is 2. The maximum atomic E-state index is 9.11. The molecule has 1 heterocycles. The Morgan fingerprint density at radius 2 is 2.04 bits per heavy atom. The molecule has 26 heavy (non-hydrogen) atoms. The van der Waals surface area contributed by atoms with Crippen LogP contribution in [0.3, 0.4) is 0 Å². The van der Waals surface area contributed by atoms with Crippen molar-refractivity contribution < 1.29 is 0 Å². The van der Waals surface area contributed by atoms with Gasteiger partial charge in [-0.25, -0.2) is 4.98 Å². The molecule has 3 rings (SSSR count). The van der Waals surface area contributed by atoms with Gasteiger partial charge in [0, 0.05) is 44.9 Å². The van der Waals surface area contributed by atoms with Gasteiger partial charge in [-0.1, -0.05) is 47.5 Å². The lowest BCUT2D eigenvalue weighted by Crippen LogP contribution is -2.06. The third-order valence-electron chi connectivity index (χ3n) is 3.81. The number of imidazole rings is 1. The number of aromatic nitrogens is 2. The average Bonchev–Trinajstić information content (AvgIpc) is 3.14. The molecule has 0 radical (unpaired) electrons. The van der Waals surface area contributed by atoms with E-state index in [9.17, 15) is 0 Å². The maximum Gasteiger partial charge on any atom is 0.138 e. The first-order chi connectivity index (χ1) is 12.7. The van der Waals surface area contributed by atoms with Gasteiger partial charge < -0.3 is 4.57 Å². The first-order valence-corrected chi connectivity index (χ1v) is 10.5. The zero-order valence-electron chi connectivity index (χ0n) is 13.7. The van der Waals surface area contributed by atoms with Crippen LogP contribution in [0.5, 0.6) is 0 Å². The van der Waals surface area contributed by atoms with Gasteiger partial charge in [0.05, 0.1) is 6.33 Å². The molecule has 2 aromatic carbocycles. The van der Waals surface area contributed by atoms with Crippen LogP contribution in [0.1, 0.15) is 16.4 Å². The van der Waals surface area contributed by atoms with Crippen molar-refractivity contribution in [3.05, 3.63) is 82.4 Å². The Kier molecular flexibility index (Phi) is 6.93. The molecule has 0 spiro atoms. The van der Waals surface area contributed by atoms with Crippen molar-refractivity contribution >= 4 is 46.7 Å². The number of thiocyanates is 1. The van der Waals surface area contributed by atoms with Crippen molar-refractivity contribution in [1.82, 2.24) is 9.55 Å². The van der Waals surface area contributed by atoms with E-state index in [0.29, 0.717) is 10.0 Å². The predicted octanol–water partition coefficient (Wildman–Crippen LogP) is 6.44. The maximum absolute atomic E-state index is 9.11. The molecular formula is C19H15Cl2N3S2. The van der Waals surface area contributed by atoms with Crippen LogP contribution >= 0.6 is 46.7 Å². The van der Waals surface area contributed by atoms with Crippen molar-refractivity contribution in [2.24, 2.45) is 0 Å². The Hall–Kier alpha value is -1.58. The highest BCUT2D eigenvalue weighted by Crippen LogP contribution is 2.39. The van der Waals surface area contributed by atoms with E-state index >= 15 is 0 Å². The molecule has 0 amide bonds. The molecule has 1 aromatic heterocycles. The minimum atomic E-state index is 0.160. The molecule has 0 aliphatic heterocycles. The minimum Gasteiger partial charge on any atom is -0.336 e. The second-order valence-corrected chi connectivity index (χ2v) is 8.39. The zero-order chi connectivity index (χ0) is 18.4. The van der Waals surface area contributed by atoms with Gasteiger partial charge in [0.25, 0.3) is 0 Å². The fraction of sp³-hybridized carbons (Fsp3) is 0.158. The summed E-state index contributed by atoms with van der Waals surface area (Å²) in [7, 11) is 0. The third-order valence-corrected chi connectivity index (χ3v) is 6.37. The Labute approximate surface area is 171 Å². The second-order valence-electron chi connectivity index (χ2n) is 5.53. The van der Waals surface area contributed by atoms with E-state index in [1.165, 1.54) is 11.8 Å². The second kappa shape index (κ2) is 9.38. The Bertz CT molecular complexity index is 907. The molecule has 132 valence electrons. The van der Waals surface area contributed by atoms with Gasteiger partial charge in [-0.05, 0) is 41.1 Å². The molecule has 3 nitrogen and oxygen atoms in total. The average molecular weight is 420 g/mol. The summed E-state index contributed by atoms with van der Waals surface area (Å²) in [6, 6.07) is 13.6. The van der Waals surface area contributed by atoms with Crippen LogP contribution in [0.2, 0.25) is 10.0 Å². The molecule has 3 aromatic rings. The smallest absolute Gasteiger partial charge is 0.138 e. The Morgan fingerprint density at radius 3 is 2.77 bits per heavy atom. The number of hydrogen-bond donors (Lipinski definition) is 0. The summed E-state index contributed by atoms with van der Waals surface area (Å²) < 4.78 is 2.05. The fourth-order valence-corrected chi connectivity index (χ4v) is 5.04. The number of nitrogens with zero attached hydrogens (tertiary/aromatic N) is 3. The van der Waals surface area contributed by atoms with Gasteiger partial charge in [-0.15, -0.1) is 11.8 Å². The largest absolute Gasteiger partial charge is 0.336 e. The lowest BCUT2D eigenvalue weighted by Gasteiger charge is -2.20. The SMILES string of the molecule is N#CSc1ccccc1C(Cn1ccnc1)SCc1ccc(Cl)cc1Cl. The van der Waals surface area contributed by atoms with Gasteiger partial charge in [-0.3, -0.25) is 0 Å². The van der Waals surface area contributed by atoms with Crippen molar-refractivity contribution in [2.45, 2.75) is 22.4 Å². The summed E-state index contributed by atoms with van der Waals surface area (Å²) in [5, 5.41) is 12.8. The van der Waals surface area contributed by atoms with Crippen molar-refractivity contribution in [3.8, 4) is 5.40 Å². The molecule has 0 saturated heterocycles. The summed E-state index contributed by atoms with van der Waals surface area (Å²) in [6.45, 7) is 0.763. The van der Waals surface area contributed by atoms with E-state index in [-0.39, 0.29) is 5.25 Å². The van der Waals surface area contributed by atoms with Crippen LogP contribution in [0.4, 0.5) is 0 Å². The first kappa shape index (κ1) is 19.2. The van der Waals surface area contributed by atoms with E-state index < -0.39 is 0 Å². The van der Waals surface area contributed by atoms with Crippen molar-refractivity contribution in [3.63, 3.8) is 0 Å². The van der Waals surface area contributed by atoms with Crippen LogP contribution in [-0.4, -0.2) is 9.55 Å². The summed E-state index contributed by atoms with van der Waals surface area (Å²) in [5.41, 5.74) is 2.19. The van der Waals surface area contributed by atoms with E-state index in [4.69, 9.17) is 28.5 Å². The van der Waals surface area contributed by atoms with E-state index in [1.807, 2.05) is 42.9 Å². The van der Waals surface area contributed by atoms with Crippen molar-refractivity contribution in [1.29, 1.82) is 5.26 Å². The van der Waals surface area contributed by atoms with E-state index in [1.54, 1.807) is 24.0 Å². The lowest BCUT2D eigenvalue weighted by atomic mass is 10.1. The topological polar surface area (TPSA) is 41.6 Å². The van der Waals surface area contributed by atoms with Gasteiger partial charge in [0.2, 0.25) is 0 Å². The third kappa shape index (κ3) is 4.99. The van der Waals surface area contributed by atoms with Gasteiger partial charge in [0.15, 0.2) is 0 Å². The van der Waals surface area contributed by atoms with Crippen LogP contribution in [0.15, 0.2) is 66.1 Å². The summed E-state index contributed by atoms with van der Waals surface area (Å²) in [6.07, 6.45) is 5.53.